The van der Waals surface area contributed by atoms with Gasteiger partial charge in [0, 0.05) is 23.4 Å². The minimum Gasteiger partial charge on any atom is -0.484 e. The number of anilines is 1. The first-order valence-corrected chi connectivity index (χ1v) is 8.39. The Kier molecular flexibility index (Phi) is 5.94. The van der Waals surface area contributed by atoms with E-state index >= 15 is 0 Å². The maximum Gasteiger partial charge on any atom is 0.262 e. The number of carbonyl (C=O) groups is 1. The molecule has 1 heterocycles. The zero-order valence-corrected chi connectivity index (χ0v) is 14.7. The molecule has 138 valence electrons. The highest BCUT2D eigenvalue weighted by Crippen LogP contribution is 2.20. The van der Waals surface area contributed by atoms with Gasteiger partial charge in [0.25, 0.3) is 5.91 Å². The molecular weight excluding hydrogens is 349 g/mol. The summed E-state index contributed by atoms with van der Waals surface area (Å²) in [5.41, 5.74) is 2.18. The molecule has 7 heteroatoms. The maximum atomic E-state index is 13.1. The highest BCUT2D eigenvalue weighted by Gasteiger charge is 2.06. The molecule has 0 unspecified atom stereocenters. The number of hydrogen-bond donors (Lipinski definition) is 1. The van der Waals surface area contributed by atoms with E-state index < -0.39 is 5.82 Å². The zero-order chi connectivity index (χ0) is 19.1. The predicted molar refractivity (Wildman–Crippen MR) is 99.2 cm³/mol. The number of amides is 1. The lowest BCUT2D eigenvalue weighted by Gasteiger charge is -2.08. The minimum absolute atomic E-state index is 0.213. The van der Waals surface area contributed by atoms with Crippen molar-refractivity contribution in [1.29, 1.82) is 0 Å². The monoisotopic (exact) mass is 367 g/mol. The molecule has 1 N–H and O–H groups in total. The van der Waals surface area contributed by atoms with Crippen LogP contribution < -0.4 is 14.8 Å². The van der Waals surface area contributed by atoms with Gasteiger partial charge in [0.15, 0.2) is 6.61 Å². The molecule has 27 heavy (non-hydrogen) atoms. The Labute approximate surface area is 156 Å². The third kappa shape index (κ3) is 5.24. The van der Waals surface area contributed by atoms with Gasteiger partial charge in [-0.05, 0) is 37.3 Å². The Balaban J connectivity index is 1.56. The van der Waals surface area contributed by atoms with Crippen molar-refractivity contribution >= 4 is 11.6 Å². The molecule has 0 aliphatic rings. The molecule has 0 saturated carbocycles. The van der Waals surface area contributed by atoms with Crippen LogP contribution in [0.4, 0.5) is 10.1 Å². The summed E-state index contributed by atoms with van der Waals surface area (Å²) in [5, 5.41) is 10.8. The Morgan fingerprint density at radius 1 is 1.04 bits per heavy atom. The second kappa shape index (κ2) is 8.75. The van der Waals surface area contributed by atoms with E-state index in [1.807, 2.05) is 25.1 Å². The summed E-state index contributed by atoms with van der Waals surface area (Å²) in [6, 6.07) is 16.4. The predicted octanol–water partition coefficient (Wildman–Crippen LogP) is 3.70. The van der Waals surface area contributed by atoms with E-state index in [4.69, 9.17) is 9.47 Å². The van der Waals surface area contributed by atoms with Crippen molar-refractivity contribution in [3.63, 3.8) is 0 Å². The van der Waals surface area contributed by atoms with E-state index in [9.17, 15) is 9.18 Å². The second-order valence-electron chi connectivity index (χ2n) is 5.56. The van der Waals surface area contributed by atoms with E-state index in [1.165, 1.54) is 18.2 Å². The average Bonchev–Trinajstić information content (AvgIpc) is 2.68. The van der Waals surface area contributed by atoms with E-state index in [2.05, 4.69) is 15.5 Å². The standard InChI is InChI=1S/C20H18FN3O3/c1-2-26-20-11-10-18(23-24-20)14-6-8-16(9-7-14)22-19(25)13-27-17-5-3-4-15(21)12-17/h3-12H,2,13H2,1H3,(H,22,25). The summed E-state index contributed by atoms with van der Waals surface area (Å²) in [6.07, 6.45) is 0. The number of ether oxygens (including phenoxy) is 2. The number of aromatic nitrogens is 2. The SMILES string of the molecule is CCOc1ccc(-c2ccc(NC(=O)COc3cccc(F)c3)cc2)nn1. The summed E-state index contributed by atoms with van der Waals surface area (Å²) >= 11 is 0. The van der Waals surface area contributed by atoms with Crippen molar-refractivity contribution in [1.82, 2.24) is 10.2 Å². The molecule has 0 fully saturated rings. The number of rotatable bonds is 7. The Bertz CT molecular complexity index is 899. The van der Waals surface area contributed by atoms with Crippen LogP contribution in [-0.2, 0) is 4.79 Å². The molecule has 0 aliphatic carbocycles. The average molecular weight is 367 g/mol. The number of hydrogen-bond acceptors (Lipinski definition) is 5. The van der Waals surface area contributed by atoms with Gasteiger partial charge in [0.2, 0.25) is 5.88 Å². The first-order chi connectivity index (χ1) is 13.1. The van der Waals surface area contributed by atoms with Gasteiger partial charge in [-0.3, -0.25) is 4.79 Å². The first-order valence-electron chi connectivity index (χ1n) is 8.39. The van der Waals surface area contributed by atoms with Crippen LogP contribution in [0.2, 0.25) is 0 Å². The molecule has 1 aromatic heterocycles. The van der Waals surface area contributed by atoms with Crippen molar-refractivity contribution in [2.24, 2.45) is 0 Å². The molecule has 0 spiro atoms. The fraction of sp³-hybridized carbons (Fsp3) is 0.150. The van der Waals surface area contributed by atoms with Gasteiger partial charge in [-0.25, -0.2) is 4.39 Å². The highest BCUT2D eigenvalue weighted by molar-refractivity contribution is 5.92. The lowest BCUT2D eigenvalue weighted by atomic mass is 10.1. The molecule has 3 aromatic rings. The van der Waals surface area contributed by atoms with Crippen LogP contribution in [0.3, 0.4) is 0 Å². The number of nitrogens with zero attached hydrogens (tertiary/aromatic N) is 2. The van der Waals surface area contributed by atoms with Crippen molar-refractivity contribution in [2.75, 3.05) is 18.5 Å². The Morgan fingerprint density at radius 2 is 1.85 bits per heavy atom. The summed E-state index contributed by atoms with van der Waals surface area (Å²) in [4.78, 5) is 12.0. The van der Waals surface area contributed by atoms with Crippen LogP contribution in [0.15, 0.2) is 60.7 Å². The summed E-state index contributed by atoms with van der Waals surface area (Å²) < 4.78 is 23.6. The largest absolute Gasteiger partial charge is 0.484 e. The number of benzene rings is 2. The summed E-state index contributed by atoms with van der Waals surface area (Å²) in [6.45, 7) is 2.20. The molecular formula is C20H18FN3O3. The van der Waals surface area contributed by atoms with Crippen LogP contribution in [0, 0.1) is 5.82 Å². The highest BCUT2D eigenvalue weighted by atomic mass is 19.1. The van der Waals surface area contributed by atoms with Crippen LogP contribution in [0.25, 0.3) is 11.3 Å². The first kappa shape index (κ1) is 18.3. The number of carbonyl (C=O) groups excluding carboxylic acids is 1. The van der Waals surface area contributed by atoms with Gasteiger partial charge < -0.3 is 14.8 Å². The van der Waals surface area contributed by atoms with Crippen LogP contribution in [0.5, 0.6) is 11.6 Å². The van der Waals surface area contributed by atoms with Crippen molar-refractivity contribution in [2.45, 2.75) is 6.92 Å². The van der Waals surface area contributed by atoms with Gasteiger partial charge in [0.1, 0.15) is 11.6 Å². The van der Waals surface area contributed by atoms with Crippen LogP contribution in [-0.4, -0.2) is 29.3 Å². The van der Waals surface area contributed by atoms with Gasteiger partial charge in [-0.1, -0.05) is 18.2 Å². The zero-order valence-electron chi connectivity index (χ0n) is 14.7. The third-order valence-corrected chi connectivity index (χ3v) is 3.56. The van der Waals surface area contributed by atoms with E-state index in [0.717, 1.165) is 5.56 Å². The van der Waals surface area contributed by atoms with Crippen molar-refractivity contribution in [3.8, 4) is 22.9 Å². The minimum atomic E-state index is -0.416. The van der Waals surface area contributed by atoms with E-state index in [0.29, 0.717) is 29.6 Å². The Hall–Kier alpha value is -3.48. The van der Waals surface area contributed by atoms with Crippen LogP contribution in [0.1, 0.15) is 6.92 Å². The molecule has 2 aromatic carbocycles. The molecule has 0 atom stereocenters. The quantitative estimate of drug-likeness (QED) is 0.689. The summed E-state index contributed by atoms with van der Waals surface area (Å²) in [5.74, 6) is 0.0201. The normalized spacial score (nSPS) is 10.3. The maximum absolute atomic E-state index is 13.1. The number of nitrogens with one attached hydrogen (secondary N) is 1. The Morgan fingerprint density at radius 3 is 2.52 bits per heavy atom. The van der Waals surface area contributed by atoms with Gasteiger partial charge in [0.05, 0.1) is 12.3 Å². The fourth-order valence-electron chi connectivity index (χ4n) is 2.33. The van der Waals surface area contributed by atoms with Crippen molar-refractivity contribution < 1.29 is 18.7 Å². The fourth-order valence-corrected chi connectivity index (χ4v) is 2.33. The van der Waals surface area contributed by atoms with Crippen molar-refractivity contribution in [3.05, 3.63) is 66.5 Å². The molecule has 0 saturated heterocycles. The molecule has 3 rings (SSSR count). The molecule has 1 amide bonds. The topological polar surface area (TPSA) is 73.3 Å². The van der Waals surface area contributed by atoms with Gasteiger partial charge >= 0.3 is 0 Å². The summed E-state index contributed by atoms with van der Waals surface area (Å²) in [7, 11) is 0. The molecule has 0 bridgehead atoms. The van der Waals surface area contributed by atoms with E-state index in [-0.39, 0.29) is 12.5 Å². The third-order valence-electron chi connectivity index (χ3n) is 3.56. The molecule has 6 nitrogen and oxygen atoms in total. The van der Waals surface area contributed by atoms with Gasteiger partial charge in [-0.15, -0.1) is 10.2 Å². The lowest BCUT2D eigenvalue weighted by Crippen LogP contribution is -2.20. The molecule has 0 aliphatic heterocycles. The smallest absolute Gasteiger partial charge is 0.262 e. The van der Waals surface area contributed by atoms with Crippen LogP contribution >= 0.6 is 0 Å². The van der Waals surface area contributed by atoms with Gasteiger partial charge in [-0.2, -0.15) is 0 Å². The number of halogens is 1. The van der Waals surface area contributed by atoms with E-state index in [1.54, 1.807) is 24.3 Å². The lowest BCUT2D eigenvalue weighted by molar-refractivity contribution is -0.118. The molecule has 0 radical (unpaired) electrons. The second-order valence-corrected chi connectivity index (χ2v) is 5.56.